The lowest BCUT2D eigenvalue weighted by atomic mass is 9.95. The molecule has 0 unspecified atom stereocenters. The number of aliphatic hydroxyl groups is 1. The molecule has 2 aliphatic carbocycles. The predicted molar refractivity (Wildman–Crippen MR) is 76.4 cm³/mol. The van der Waals surface area contributed by atoms with E-state index in [-0.39, 0.29) is 12.3 Å². The minimum atomic E-state index is -3.22. The highest BCUT2D eigenvalue weighted by Gasteiger charge is 2.30. The molecule has 0 aromatic rings. The second-order valence-corrected chi connectivity index (χ2v) is 8.24. The molecule has 0 aromatic heterocycles. The van der Waals surface area contributed by atoms with Crippen molar-refractivity contribution in [3.05, 3.63) is 0 Å². The van der Waals surface area contributed by atoms with Crippen molar-refractivity contribution in [2.45, 2.75) is 69.8 Å². The van der Waals surface area contributed by atoms with Crippen LogP contribution in [0.5, 0.6) is 0 Å². The number of rotatable bonds is 5. The van der Waals surface area contributed by atoms with Gasteiger partial charge in [-0.3, -0.25) is 0 Å². The van der Waals surface area contributed by atoms with Crippen LogP contribution in [0.4, 0.5) is 0 Å². The van der Waals surface area contributed by atoms with Crippen LogP contribution in [-0.4, -0.2) is 31.4 Å². The van der Waals surface area contributed by atoms with Gasteiger partial charge < -0.3 is 5.11 Å². The summed E-state index contributed by atoms with van der Waals surface area (Å²) in [7, 11) is -3.22. The minimum absolute atomic E-state index is 0.196. The Labute approximate surface area is 117 Å². The van der Waals surface area contributed by atoms with Crippen molar-refractivity contribution in [3.8, 4) is 0 Å². The largest absolute Gasteiger partial charge is 0.389 e. The molecule has 0 aromatic carbocycles. The summed E-state index contributed by atoms with van der Waals surface area (Å²) in [6.07, 6.45) is 10.1. The Morgan fingerprint density at radius 1 is 1.00 bits per heavy atom. The molecular formula is C14H27NO3S. The zero-order chi connectivity index (χ0) is 13.8. The Kier molecular flexibility index (Phi) is 5.26. The average Bonchev–Trinajstić information content (AvgIpc) is 2.74. The van der Waals surface area contributed by atoms with Gasteiger partial charge in [0.05, 0.1) is 11.4 Å². The summed E-state index contributed by atoms with van der Waals surface area (Å²) in [5.41, 5.74) is -0.820. The van der Waals surface area contributed by atoms with Gasteiger partial charge in [-0.25, -0.2) is 13.1 Å². The van der Waals surface area contributed by atoms with Crippen molar-refractivity contribution in [1.82, 2.24) is 4.72 Å². The van der Waals surface area contributed by atoms with Gasteiger partial charge in [-0.1, -0.05) is 38.5 Å². The second kappa shape index (κ2) is 6.55. The molecule has 0 amide bonds. The lowest BCUT2D eigenvalue weighted by Crippen LogP contribution is -2.43. The second-order valence-electron chi connectivity index (χ2n) is 6.39. The molecule has 2 N–H and O–H groups in total. The molecule has 0 bridgehead atoms. The zero-order valence-corrected chi connectivity index (χ0v) is 12.6. The first kappa shape index (κ1) is 15.3. The third-order valence-electron chi connectivity index (χ3n) is 4.59. The molecular weight excluding hydrogens is 262 g/mol. The van der Waals surface area contributed by atoms with E-state index in [4.69, 9.17) is 0 Å². The van der Waals surface area contributed by atoms with Gasteiger partial charge in [0.2, 0.25) is 10.0 Å². The van der Waals surface area contributed by atoms with E-state index in [1.165, 1.54) is 0 Å². The highest BCUT2D eigenvalue weighted by molar-refractivity contribution is 7.89. The van der Waals surface area contributed by atoms with Gasteiger partial charge in [0, 0.05) is 6.54 Å². The van der Waals surface area contributed by atoms with Crippen LogP contribution in [0.25, 0.3) is 0 Å². The molecule has 2 rings (SSSR count). The summed E-state index contributed by atoms with van der Waals surface area (Å²) in [6.45, 7) is 0.196. The Hall–Kier alpha value is -0.130. The maximum absolute atomic E-state index is 12.0. The van der Waals surface area contributed by atoms with E-state index < -0.39 is 15.6 Å². The van der Waals surface area contributed by atoms with Crippen molar-refractivity contribution < 1.29 is 13.5 Å². The monoisotopic (exact) mass is 289 g/mol. The molecule has 2 fully saturated rings. The summed E-state index contributed by atoms with van der Waals surface area (Å²) in [5.74, 6) is 0.560. The van der Waals surface area contributed by atoms with E-state index in [2.05, 4.69) is 4.72 Å². The van der Waals surface area contributed by atoms with Crippen LogP contribution >= 0.6 is 0 Å². The molecule has 0 radical (unpaired) electrons. The molecule has 0 atom stereocenters. The highest BCUT2D eigenvalue weighted by Crippen LogP contribution is 2.28. The SMILES string of the molecule is O=S(=O)(CC1CCCC1)NCC1(O)CCCCCC1. The third-order valence-corrected chi connectivity index (χ3v) is 6.08. The molecule has 0 spiro atoms. The molecule has 112 valence electrons. The number of nitrogens with one attached hydrogen (secondary N) is 1. The Morgan fingerprint density at radius 2 is 1.58 bits per heavy atom. The van der Waals surface area contributed by atoms with Crippen molar-refractivity contribution in [1.29, 1.82) is 0 Å². The van der Waals surface area contributed by atoms with Gasteiger partial charge in [0.1, 0.15) is 0 Å². The van der Waals surface area contributed by atoms with Crippen LogP contribution in [0.1, 0.15) is 64.2 Å². The van der Waals surface area contributed by atoms with Crippen molar-refractivity contribution in [3.63, 3.8) is 0 Å². The zero-order valence-electron chi connectivity index (χ0n) is 11.7. The molecule has 2 saturated carbocycles. The molecule has 4 nitrogen and oxygen atoms in total. The van der Waals surface area contributed by atoms with Crippen molar-refractivity contribution >= 4 is 10.0 Å². The summed E-state index contributed by atoms with van der Waals surface area (Å²) in [4.78, 5) is 0. The minimum Gasteiger partial charge on any atom is -0.389 e. The van der Waals surface area contributed by atoms with Crippen LogP contribution in [0.3, 0.4) is 0 Å². The summed E-state index contributed by atoms with van der Waals surface area (Å²) in [5, 5.41) is 10.4. The molecule has 19 heavy (non-hydrogen) atoms. The van der Waals surface area contributed by atoms with Crippen LogP contribution in [0, 0.1) is 5.92 Å². The smallest absolute Gasteiger partial charge is 0.211 e. The van der Waals surface area contributed by atoms with Crippen molar-refractivity contribution in [2.24, 2.45) is 5.92 Å². The molecule has 0 saturated heterocycles. The Balaban J connectivity index is 1.82. The molecule has 0 aliphatic heterocycles. The van der Waals surface area contributed by atoms with E-state index in [1.807, 2.05) is 0 Å². The van der Waals surface area contributed by atoms with Gasteiger partial charge in [0.25, 0.3) is 0 Å². The van der Waals surface area contributed by atoms with Gasteiger partial charge in [-0.15, -0.1) is 0 Å². The van der Waals surface area contributed by atoms with E-state index in [0.717, 1.165) is 64.2 Å². The van der Waals surface area contributed by atoms with E-state index >= 15 is 0 Å². The van der Waals surface area contributed by atoms with E-state index in [9.17, 15) is 13.5 Å². The fourth-order valence-corrected chi connectivity index (χ4v) is 4.91. The fraction of sp³-hybridized carbons (Fsp3) is 1.00. The van der Waals surface area contributed by atoms with Crippen LogP contribution < -0.4 is 4.72 Å². The quantitative estimate of drug-likeness (QED) is 0.762. The maximum Gasteiger partial charge on any atom is 0.211 e. The summed E-state index contributed by atoms with van der Waals surface area (Å²) < 4.78 is 26.7. The number of hydrogen-bond donors (Lipinski definition) is 2. The van der Waals surface area contributed by atoms with Gasteiger partial charge in [-0.2, -0.15) is 0 Å². The topological polar surface area (TPSA) is 66.4 Å². The summed E-state index contributed by atoms with van der Waals surface area (Å²) >= 11 is 0. The third kappa shape index (κ3) is 5.04. The Morgan fingerprint density at radius 3 is 2.16 bits per heavy atom. The number of hydrogen-bond acceptors (Lipinski definition) is 3. The molecule has 2 aliphatic rings. The standard InChI is InChI=1S/C14H27NO3S/c16-14(9-5-1-2-6-10-14)12-15-19(17,18)11-13-7-3-4-8-13/h13,15-16H,1-12H2. The van der Waals surface area contributed by atoms with Gasteiger partial charge in [0.15, 0.2) is 0 Å². The average molecular weight is 289 g/mol. The van der Waals surface area contributed by atoms with Crippen LogP contribution in [-0.2, 0) is 10.0 Å². The van der Waals surface area contributed by atoms with Crippen molar-refractivity contribution in [2.75, 3.05) is 12.3 Å². The van der Waals surface area contributed by atoms with Gasteiger partial charge in [-0.05, 0) is 31.6 Å². The van der Waals surface area contributed by atoms with Crippen LogP contribution in [0.2, 0.25) is 0 Å². The Bertz CT molecular complexity index is 366. The normalized spacial score (nSPS) is 25.3. The first-order chi connectivity index (χ1) is 8.99. The van der Waals surface area contributed by atoms with Gasteiger partial charge >= 0.3 is 0 Å². The maximum atomic E-state index is 12.0. The highest BCUT2D eigenvalue weighted by atomic mass is 32.2. The lowest BCUT2D eigenvalue weighted by molar-refractivity contribution is 0.0303. The molecule has 5 heteroatoms. The lowest BCUT2D eigenvalue weighted by Gasteiger charge is -2.27. The first-order valence-electron chi connectivity index (χ1n) is 7.69. The summed E-state index contributed by atoms with van der Waals surface area (Å²) in [6, 6.07) is 0. The number of sulfonamides is 1. The molecule has 0 heterocycles. The first-order valence-corrected chi connectivity index (χ1v) is 9.34. The van der Waals surface area contributed by atoms with E-state index in [1.54, 1.807) is 0 Å². The van der Waals surface area contributed by atoms with Crippen LogP contribution in [0.15, 0.2) is 0 Å². The predicted octanol–water partition coefficient (Wildman–Crippen LogP) is 2.18. The van der Waals surface area contributed by atoms with E-state index in [0.29, 0.717) is 5.92 Å². The fourth-order valence-electron chi connectivity index (χ4n) is 3.35.